The summed E-state index contributed by atoms with van der Waals surface area (Å²) in [4.78, 5) is 0. The minimum absolute atomic E-state index is 0.158. The van der Waals surface area contributed by atoms with Crippen molar-refractivity contribution in [3.63, 3.8) is 0 Å². The first-order valence-corrected chi connectivity index (χ1v) is 46.5. The average Bonchev–Trinajstić information content (AvgIpc) is 1.54. The Morgan fingerprint density at radius 2 is 0.468 bits per heavy atom. The van der Waals surface area contributed by atoms with Crippen LogP contribution in [0.1, 0.15) is 49.9 Å². The number of benzene rings is 22. The molecule has 2 aliphatic rings. The lowest BCUT2D eigenvalue weighted by atomic mass is 9.82. The van der Waals surface area contributed by atoms with E-state index in [1.54, 1.807) is 0 Å². The van der Waals surface area contributed by atoms with Gasteiger partial charge in [-0.1, -0.05) is 331 Å². The van der Waals surface area contributed by atoms with Gasteiger partial charge >= 0.3 is 0 Å². The zero-order valence-corrected chi connectivity index (χ0v) is 70.7. The first kappa shape index (κ1) is 72.3. The van der Waals surface area contributed by atoms with Crippen molar-refractivity contribution in [3.8, 4) is 33.6 Å². The number of fused-ring (bicyclic) bond motifs is 28. The minimum atomic E-state index is -3.41. The second kappa shape index (κ2) is 27.0. The van der Waals surface area contributed by atoms with E-state index in [0.717, 1.165) is 97.3 Å². The van der Waals surface area contributed by atoms with Crippen molar-refractivity contribution in [3.05, 3.63) is 435 Å². The third-order valence-corrected chi connectivity index (χ3v) is 34.2. The van der Waals surface area contributed by atoms with Gasteiger partial charge in [-0.15, -0.1) is 0 Å². The van der Waals surface area contributed by atoms with E-state index in [1.807, 2.05) is 0 Å². The second-order valence-corrected chi connectivity index (χ2v) is 40.6. The van der Waals surface area contributed by atoms with Crippen molar-refractivity contribution >= 4 is 197 Å². The molecule has 0 fully saturated rings. The van der Waals surface area contributed by atoms with Crippen molar-refractivity contribution in [2.45, 2.75) is 38.5 Å². The molecule has 0 bridgehead atoms. The fourth-order valence-electron chi connectivity index (χ4n) is 22.0. The summed E-state index contributed by atoms with van der Waals surface area (Å²) in [5.41, 5.74) is 17.1. The quantitative estimate of drug-likeness (QED) is 0.112. The highest BCUT2D eigenvalue weighted by atomic mass is 31.2. The monoisotopic (exact) mass is 1620 g/mol. The van der Waals surface area contributed by atoms with Crippen LogP contribution in [0.3, 0.4) is 0 Å². The molecule has 26 rings (SSSR count). The van der Waals surface area contributed by atoms with Gasteiger partial charge in [0.25, 0.3) is 0 Å². The number of hydrogen-bond acceptors (Lipinski definition) is 2. The van der Waals surface area contributed by atoms with Crippen molar-refractivity contribution in [2.75, 3.05) is 0 Å². The third-order valence-electron chi connectivity index (χ3n) is 28.0. The average molecular weight is 1620 g/mol. The maximum Gasteiger partial charge on any atom is 0.172 e. The molecule has 0 saturated carbocycles. The third kappa shape index (κ3) is 10.5. The van der Waals surface area contributed by atoms with Gasteiger partial charge in [-0.25, -0.2) is 0 Å². The molecule has 24 aromatic rings. The first-order valence-electron chi connectivity index (χ1n) is 43.0. The van der Waals surface area contributed by atoms with Crippen molar-refractivity contribution in [2.24, 2.45) is 0 Å². The summed E-state index contributed by atoms with van der Waals surface area (Å²) in [5, 5.41) is 33.6. The predicted molar refractivity (Wildman–Crippen MR) is 531 cm³/mol. The second-order valence-electron chi connectivity index (χ2n) is 35.2. The van der Waals surface area contributed by atoms with Gasteiger partial charge in [-0.2, -0.15) is 0 Å². The van der Waals surface area contributed by atoms with Gasteiger partial charge in [0.05, 0.1) is 22.1 Å². The van der Waals surface area contributed by atoms with E-state index in [9.17, 15) is 0 Å². The predicted octanol–water partition coefficient (Wildman–Crippen LogP) is 29.0. The Hall–Kier alpha value is -14.5. The Morgan fingerprint density at radius 1 is 0.185 bits per heavy atom. The molecule has 0 spiro atoms. The summed E-state index contributed by atoms with van der Waals surface area (Å²) in [7, 11) is -6.75. The summed E-state index contributed by atoms with van der Waals surface area (Å²) in [5.74, 6) is 0. The molecule has 0 amide bonds. The molecule has 2 aromatic heterocycles. The van der Waals surface area contributed by atoms with Gasteiger partial charge in [0.15, 0.2) is 14.3 Å². The maximum atomic E-state index is 16.5. The summed E-state index contributed by atoms with van der Waals surface area (Å²) < 4.78 is 37.7. The minimum Gasteiger partial charge on any atom is -0.309 e. The standard InChI is InChI=1S/2C59H40NOP/c1-59(2)53-26-12-11-25-47(53)50-34-52-51-33-48-45-23-9-7-21-43(45)44-22-8-10-24-46(44)49(48)35-55(51)60(56(52)36-54(50)59)39-29-31-40(32-30-39)62(61,57-27-13-17-37-15-3-5-19-41(37)57)58-28-14-18-38-16-4-6-20-42(38)58;1-59(2)55-22-12-11-21-49(55)52-34-54-53-33-50-47-19-9-7-17-45(47)46-18-8-10-20-48(46)51(50)35-57(53)60(58(54)36-56(52)59)41-25-29-42(30-26-41)62(61,43-27-23-37-13-3-5-15-39(37)31-43)44-28-24-38-14-4-6-16-40(38)32-44/h2*3-36H,1-2H3. The zero-order valence-electron chi connectivity index (χ0n) is 68.9. The van der Waals surface area contributed by atoms with Crippen LogP contribution in [-0.4, -0.2) is 9.13 Å². The molecule has 4 nitrogen and oxygen atoms in total. The molecule has 584 valence electrons. The molecule has 6 heteroatoms. The van der Waals surface area contributed by atoms with Gasteiger partial charge in [0, 0.05) is 75.6 Å². The van der Waals surface area contributed by atoms with E-state index >= 15 is 9.13 Å². The SMILES string of the molecule is CC1(C)c2ccccc2-c2cc3c4cc5c6ccccc6c6ccccc6c5cc4n(-c4ccc(P(=O)(c5ccc6ccccc6c5)c5ccc6ccccc6c5)cc4)c3cc21.CC1(C)c2ccccc2-c2cc3c4cc5c6ccccc6c6ccccc6c5cc4n(-c4ccc(P(=O)(c5cccc6ccccc56)c5cccc6ccccc56)cc4)c3cc21. The van der Waals surface area contributed by atoms with Crippen molar-refractivity contribution in [1.29, 1.82) is 0 Å². The molecule has 0 unspecified atom stereocenters. The van der Waals surface area contributed by atoms with Crippen LogP contribution in [0.5, 0.6) is 0 Å². The van der Waals surface area contributed by atoms with E-state index in [2.05, 4.69) is 449 Å². The molecule has 0 aliphatic heterocycles. The van der Waals surface area contributed by atoms with Crippen LogP contribution in [0.25, 0.3) is 185 Å². The topological polar surface area (TPSA) is 44.0 Å². The number of aromatic nitrogens is 2. The van der Waals surface area contributed by atoms with Crippen LogP contribution >= 0.6 is 14.3 Å². The molecule has 0 atom stereocenters. The van der Waals surface area contributed by atoms with E-state index < -0.39 is 14.3 Å². The van der Waals surface area contributed by atoms with Gasteiger partial charge in [-0.05, 0) is 261 Å². The fraction of sp³-hybridized carbons (Fsp3) is 0.0508. The van der Waals surface area contributed by atoms with Crippen LogP contribution < -0.4 is 31.8 Å². The molecule has 2 heterocycles. The summed E-state index contributed by atoms with van der Waals surface area (Å²) in [6.07, 6.45) is 0. The fourth-order valence-corrected chi connectivity index (χ4v) is 27.7. The molecule has 0 N–H and O–H groups in total. The highest BCUT2D eigenvalue weighted by molar-refractivity contribution is 7.86. The lowest BCUT2D eigenvalue weighted by molar-refractivity contribution is 0.592. The van der Waals surface area contributed by atoms with Gasteiger partial charge < -0.3 is 18.3 Å². The van der Waals surface area contributed by atoms with Crippen molar-refractivity contribution < 1.29 is 9.13 Å². The molecule has 124 heavy (non-hydrogen) atoms. The first-order chi connectivity index (χ1) is 60.7. The van der Waals surface area contributed by atoms with Crippen LogP contribution in [0.4, 0.5) is 0 Å². The summed E-state index contributed by atoms with van der Waals surface area (Å²) in [6.45, 7) is 9.43. The molecule has 2 aliphatic carbocycles. The van der Waals surface area contributed by atoms with E-state index in [1.165, 1.54) is 142 Å². The number of hydrogen-bond donors (Lipinski definition) is 0. The van der Waals surface area contributed by atoms with E-state index in [0.29, 0.717) is 0 Å². The Morgan fingerprint density at radius 3 is 0.855 bits per heavy atom. The number of nitrogens with zero attached hydrogens (tertiary/aromatic N) is 2. The van der Waals surface area contributed by atoms with Crippen LogP contribution in [0.15, 0.2) is 413 Å². The largest absolute Gasteiger partial charge is 0.309 e. The molecule has 22 aromatic carbocycles. The summed E-state index contributed by atoms with van der Waals surface area (Å²) >= 11 is 0. The maximum absolute atomic E-state index is 16.5. The van der Waals surface area contributed by atoms with E-state index in [-0.39, 0.29) is 10.8 Å². The van der Waals surface area contributed by atoms with Crippen LogP contribution in [0.2, 0.25) is 0 Å². The van der Waals surface area contributed by atoms with Gasteiger partial charge in [0.2, 0.25) is 0 Å². The van der Waals surface area contributed by atoms with Crippen LogP contribution in [0, 0.1) is 0 Å². The lowest BCUT2D eigenvalue weighted by Crippen LogP contribution is -2.26. The Bertz CT molecular complexity index is 8710. The normalized spacial score (nSPS) is 13.5. The van der Waals surface area contributed by atoms with E-state index in [4.69, 9.17) is 0 Å². The summed E-state index contributed by atoms with van der Waals surface area (Å²) in [6, 6.07) is 148. The van der Waals surface area contributed by atoms with Gasteiger partial charge in [-0.3, -0.25) is 0 Å². The van der Waals surface area contributed by atoms with Crippen LogP contribution in [-0.2, 0) is 20.0 Å². The lowest BCUT2D eigenvalue weighted by Gasteiger charge is -2.24. The Labute approximate surface area is 717 Å². The highest BCUT2D eigenvalue weighted by Crippen LogP contribution is 2.56. The molecule has 0 saturated heterocycles. The molecular formula is C118H80N2O2P2. The Kier molecular flexibility index (Phi) is 15.7. The van der Waals surface area contributed by atoms with Gasteiger partial charge in [0.1, 0.15) is 0 Å². The number of rotatable bonds is 8. The highest BCUT2D eigenvalue weighted by Gasteiger charge is 2.40. The zero-order chi connectivity index (χ0) is 82.6. The molecular weight excluding hydrogens is 1540 g/mol. The smallest absolute Gasteiger partial charge is 0.172 e. The van der Waals surface area contributed by atoms with Crippen molar-refractivity contribution in [1.82, 2.24) is 9.13 Å². The molecule has 0 radical (unpaired) electrons. The Balaban J connectivity index is 0.000000136.